The second kappa shape index (κ2) is 6.13. The van der Waals surface area contributed by atoms with Crippen LogP contribution in [0.2, 0.25) is 0 Å². The van der Waals surface area contributed by atoms with Gasteiger partial charge >= 0.3 is 0 Å². The van der Waals surface area contributed by atoms with Gasteiger partial charge in [-0.15, -0.1) is 0 Å². The van der Waals surface area contributed by atoms with Crippen molar-refractivity contribution in [1.82, 2.24) is 9.88 Å². The van der Waals surface area contributed by atoms with Gasteiger partial charge in [0.05, 0.1) is 19.1 Å². The quantitative estimate of drug-likeness (QED) is 0.779. The zero-order valence-electron chi connectivity index (χ0n) is 13.4. The lowest BCUT2D eigenvalue weighted by atomic mass is 10.0. The maximum atomic E-state index is 12.6. The monoisotopic (exact) mass is 320 g/mol. The lowest BCUT2D eigenvalue weighted by Crippen LogP contribution is -2.36. The number of rotatable bonds is 3. The van der Waals surface area contributed by atoms with Crippen molar-refractivity contribution >= 4 is 16.8 Å². The van der Waals surface area contributed by atoms with Crippen LogP contribution in [0.5, 0.6) is 0 Å². The Kier molecular flexibility index (Phi) is 3.82. The number of fused-ring (bicyclic) bond motifs is 3. The third-order valence-corrected chi connectivity index (χ3v) is 4.79. The molecule has 1 amide bonds. The molecule has 0 aliphatic carbocycles. The minimum atomic E-state index is -0.747. The zero-order chi connectivity index (χ0) is 16.5. The Balaban J connectivity index is 1.49. The van der Waals surface area contributed by atoms with Gasteiger partial charge in [0.1, 0.15) is 0 Å². The predicted octanol–water partition coefficient (Wildman–Crippen LogP) is 3.18. The van der Waals surface area contributed by atoms with Crippen LogP contribution in [0.25, 0.3) is 10.9 Å². The third kappa shape index (κ3) is 2.69. The number of nitrogens with one attached hydrogen (secondary N) is 1. The van der Waals surface area contributed by atoms with Gasteiger partial charge in [0.15, 0.2) is 0 Å². The summed E-state index contributed by atoms with van der Waals surface area (Å²) in [4.78, 5) is 17.8. The van der Waals surface area contributed by atoms with Gasteiger partial charge in [0, 0.05) is 23.1 Å². The number of benzene rings is 2. The largest absolute Gasteiger partial charge is 0.388 e. The van der Waals surface area contributed by atoms with Crippen molar-refractivity contribution in [2.45, 2.75) is 25.5 Å². The molecule has 4 nitrogen and oxygen atoms in total. The summed E-state index contributed by atoms with van der Waals surface area (Å²) in [6, 6.07) is 17.6. The van der Waals surface area contributed by atoms with E-state index in [1.165, 1.54) is 10.9 Å². The van der Waals surface area contributed by atoms with E-state index in [0.717, 1.165) is 23.2 Å². The van der Waals surface area contributed by atoms with Crippen LogP contribution in [-0.4, -0.2) is 27.4 Å². The summed E-state index contributed by atoms with van der Waals surface area (Å²) in [6.07, 6.45) is 0.231. The number of aliphatic hydroxyl groups excluding tert-OH is 1. The average Bonchev–Trinajstić information content (AvgIpc) is 3.00. The molecule has 1 aliphatic rings. The molecule has 0 saturated heterocycles. The molecular weight excluding hydrogens is 300 g/mol. The molecule has 2 N–H and O–H groups in total. The van der Waals surface area contributed by atoms with Gasteiger partial charge in [-0.25, -0.2) is 0 Å². The van der Waals surface area contributed by atoms with Crippen LogP contribution >= 0.6 is 0 Å². The molecule has 1 aliphatic heterocycles. The second-order valence-corrected chi connectivity index (χ2v) is 6.32. The van der Waals surface area contributed by atoms with Crippen LogP contribution < -0.4 is 0 Å². The van der Waals surface area contributed by atoms with E-state index in [0.29, 0.717) is 13.1 Å². The van der Waals surface area contributed by atoms with Crippen molar-refractivity contribution in [2.75, 3.05) is 6.54 Å². The first kappa shape index (κ1) is 15.0. The Morgan fingerprint density at radius 2 is 1.88 bits per heavy atom. The fraction of sp³-hybridized carbons (Fsp3) is 0.250. The van der Waals surface area contributed by atoms with E-state index in [2.05, 4.69) is 17.1 Å². The number of hydrogen-bond donors (Lipinski definition) is 2. The van der Waals surface area contributed by atoms with Gasteiger partial charge in [-0.2, -0.15) is 0 Å². The first-order valence-corrected chi connectivity index (χ1v) is 8.31. The molecule has 2 aromatic carbocycles. The highest BCUT2D eigenvalue weighted by atomic mass is 16.3. The van der Waals surface area contributed by atoms with Crippen LogP contribution in [0.1, 0.15) is 29.3 Å². The highest BCUT2D eigenvalue weighted by Crippen LogP contribution is 2.28. The van der Waals surface area contributed by atoms with E-state index in [9.17, 15) is 9.90 Å². The summed E-state index contributed by atoms with van der Waals surface area (Å²) >= 11 is 0. The standard InChI is InChI=1S/C20H20N2O2/c23-19(14-6-2-1-3-7-14)12-20(24)22-11-10-16-15-8-4-5-9-17(15)21-18(16)13-22/h1-9,19,21,23H,10-13H2. The molecular formula is C20H20N2O2. The maximum Gasteiger partial charge on any atom is 0.225 e. The van der Waals surface area contributed by atoms with Crippen molar-refractivity contribution in [1.29, 1.82) is 0 Å². The Morgan fingerprint density at radius 1 is 1.12 bits per heavy atom. The van der Waals surface area contributed by atoms with E-state index in [1.807, 2.05) is 47.4 Å². The first-order chi connectivity index (χ1) is 11.7. The molecule has 4 rings (SSSR count). The van der Waals surface area contributed by atoms with Gasteiger partial charge < -0.3 is 15.0 Å². The summed E-state index contributed by atoms with van der Waals surface area (Å²) < 4.78 is 0. The second-order valence-electron chi connectivity index (χ2n) is 6.32. The first-order valence-electron chi connectivity index (χ1n) is 8.31. The summed E-state index contributed by atoms with van der Waals surface area (Å²) in [5, 5.41) is 11.5. The van der Waals surface area contributed by atoms with Crippen LogP contribution in [0.3, 0.4) is 0 Å². The molecule has 0 radical (unpaired) electrons. The number of carbonyl (C=O) groups excluding carboxylic acids is 1. The lowest BCUT2D eigenvalue weighted by Gasteiger charge is -2.28. The Morgan fingerprint density at radius 3 is 2.71 bits per heavy atom. The number of nitrogens with zero attached hydrogens (tertiary/aromatic N) is 1. The summed E-state index contributed by atoms with van der Waals surface area (Å²) in [6.45, 7) is 1.29. The van der Waals surface area contributed by atoms with Crippen LogP contribution in [0.4, 0.5) is 0 Å². The molecule has 0 saturated carbocycles. The number of carbonyl (C=O) groups is 1. The van der Waals surface area contributed by atoms with E-state index in [4.69, 9.17) is 0 Å². The fourth-order valence-electron chi connectivity index (χ4n) is 3.49. The summed E-state index contributed by atoms with van der Waals surface area (Å²) in [7, 11) is 0. The molecule has 24 heavy (non-hydrogen) atoms. The van der Waals surface area contributed by atoms with E-state index in [-0.39, 0.29) is 12.3 Å². The normalized spacial score (nSPS) is 15.3. The molecule has 0 spiro atoms. The van der Waals surface area contributed by atoms with Crippen LogP contribution in [0.15, 0.2) is 54.6 Å². The smallest absolute Gasteiger partial charge is 0.225 e. The maximum absolute atomic E-state index is 12.6. The van der Waals surface area contributed by atoms with Gasteiger partial charge in [0.2, 0.25) is 5.91 Å². The molecule has 122 valence electrons. The number of amides is 1. The Bertz CT molecular complexity index is 870. The van der Waals surface area contributed by atoms with Crippen molar-refractivity contribution in [3.05, 3.63) is 71.4 Å². The molecule has 1 atom stereocenters. The predicted molar refractivity (Wildman–Crippen MR) is 93.4 cm³/mol. The molecule has 0 bridgehead atoms. The van der Waals surface area contributed by atoms with E-state index >= 15 is 0 Å². The number of aliphatic hydroxyl groups is 1. The van der Waals surface area contributed by atoms with Gasteiger partial charge in [0.25, 0.3) is 0 Å². The van der Waals surface area contributed by atoms with E-state index < -0.39 is 6.10 Å². The van der Waals surface area contributed by atoms with Crippen LogP contribution in [0, 0.1) is 0 Å². The van der Waals surface area contributed by atoms with Crippen molar-refractivity contribution in [2.24, 2.45) is 0 Å². The highest BCUT2D eigenvalue weighted by Gasteiger charge is 2.25. The topological polar surface area (TPSA) is 56.3 Å². The average molecular weight is 320 g/mol. The van der Waals surface area contributed by atoms with Gasteiger partial charge in [-0.1, -0.05) is 48.5 Å². The molecule has 0 fully saturated rings. The Labute approximate surface area is 140 Å². The van der Waals surface area contributed by atoms with Gasteiger partial charge in [-0.3, -0.25) is 4.79 Å². The van der Waals surface area contributed by atoms with E-state index in [1.54, 1.807) is 0 Å². The lowest BCUT2D eigenvalue weighted by molar-refractivity contribution is -0.134. The molecule has 3 aromatic rings. The number of aromatic amines is 1. The van der Waals surface area contributed by atoms with Crippen molar-refractivity contribution in [3.63, 3.8) is 0 Å². The van der Waals surface area contributed by atoms with Gasteiger partial charge in [-0.05, 0) is 23.6 Å². The number of aromatic nitrogens is 1. The summed E-state index contributed by atoms with van der Waals surface area (Å²) in [5.74, 6) is -0.00402. The number of hydrogen-bond acceptors (Lipinski definition) is 2. The van der Waals surface area contributed by atoms with Crippen molar-refractivity contribution in [3.8, 4) is 0 Å². The molecule has 1 unspecified atom stereocenters. The van der Waals surface area contributed by atoms with Crippen molar-refractivity contribution < 1.29 is 9.90 Å². The van der Waals surface area contributed by atoms with Crippen LogP contribution in [-0.2, 0) is 17.8 Å². The molecule has 2 heterocycles. The zero-order valence-corrected chi connectivity index (χ0v) is 13.4. The summed E-state index contributed by atoms with van der Waals surface area (Å²) in [5.41, 5.74) is 4.35. The fourth-order valence-corrected chi connectivity index (χ4v) is 3.49. The Hall–Kier alpha value is -2.59. The molecule has 4 heteroatoms. The number of H-pyrrole nitrogens is 1. The third-order valence-electron chi connectivity index (χ3n) is 4.79. The highest BCUT2D eigenvalue weighted by molar-refractivity contribution is 5.85. The number of para-hydroxylation sites is 1. The SMILES string of the molecule is O=C(CC(O)c1ccccc1)N1CCc2c([nH]c3ccccc23)C1. The minimum absolute atomic E-state index is 0.00402. The molecule has 1 aromatic heterocycles. The minimum Gasteiger partial charge on any atom is -0.388 e.